The number of benzene rings is 1. The monoisotopic (exact) mass is 333 g/mol. The molecule has 0 spiro atoms. The van der Waals surface area contributed by atoms with Crippen LogP contribution in [0.2, 0.25) is 0 Å². The van der Waals surface area contributed by atoms with Gasteiger partial charge in [-0.05, 0) is 44.0 Å². The zero-order valence-electron chi connectivity index (χ0n) is 14.9. The van der Waals surface area contributed by atoms with Gasteiger partial charge >= 0.3 is 0 Å². The lowest BCUT2D eigenvalue weighted by Gasteiger charge is -2.02. The van der Waals surface area contributed by atoms with Crippen molar-refractivity contribution in [2.75, 3.05) is 6.54 Å². The molecule has 1 amide bonds. The van der Waals surface area contributed by atoms with Gasteiger partial charge in [0.2, 0.25) is 5.91 Å². The van der Waals surface area contributed by atoms with Gasteiger partial charge in [-0.1, -0.05) is 36.8 Å². The zero-order chi connectivity index (χ0) is 17.8. The first-order valence-corrected chi connectivity index (χ1v) is 8.60. The number of aromatic nitrogens is 2. The summed E-state index contributed by atoms with van der Waals surface area (Å²) in [5.41, 5.74) is 6.07. The fourth-order valence-corrected chi connectivity index (χ4v) is 2.71. The number of rotatable bonds is 5. The maximum Gasteiger partial charge on any atom is 0.244 e. The van der Waals surface area contributed by atoms with Gasteiger partial charge in [0.15, 0.2) is 0 Å². The predicted octanol–water partition coefficient (Wildman–Crippen LogP) is 4.16. The van der Waals surface area contributed by atoms with Gasteiger partial charge in [0.25, 0.3) is 0 Å². The van der Waals surface area contributed by atoms with E-state index in [9.17, 15) is 4.79 Å². The van der Waals surface area contributed by atoms with Crippen LogP contribution < -0.4 is 5.32 Å². The van der Waals surface area contributed by atoms with Gasteiger partial charge in [-0.3, -0.25) is 9.20 Å². The number of pyridine rings is 1. The van der Waals surface area contributed by atoms with Crippen LogP contribution in [-0.2, 0) is 4.79 Å². The van der Waals surface area contributed by atoms with E-state index < -0.39 is 0 Å². The molecule has 0 atom stereocenters. The topological polar surface area (TPSA) is 46.4 Å². The van der Waals surface area contributed by atoms with Crippen LogP contribution in [0.25, 0.3) is 23.0 Å². The van der Waals surface area contributed by atoms with E-state index in [1.54, 1.807) is 6.08 Å². The second-order valence-electron chi connectivity index (χ2n) is 6.27. The first-order chi connectivity index (χ1) is 12.1. The Morgan fingerprint density at radius 1 is 1.16 bits per heavy atom. The van der Waals surface area contributed by atoms with E-state index in [0.29, 0.717) is 6.54 Å². The minimum absolute atomic E-state index is 0.0845. The van der Waals surface area contributed by atoms with Crippen LogP contribution in [0.3, 0.4) is 0 Å². The summed E-state index contributed by atoms with van der Waals surface area (Å²) in [5, 5.41) is 2.86. The number of imidazole rings is 1. The van der Waals surface area contributed by atoms with Crippen LogP contribution in [0.4, 0.5) is 0 Å². The summed E-state index contributed by atoms with van der Waals surface area (Å²) in [6.07, 6.45) is 6.34. The van der Waals surface area contributed by atoms with Crippen molar-refractivity contribution in [2.45, 2.75) is 27.2 Å². The number of fused-ring (bicyclic) bond motifs is 1. The van der Waals surface area contributed by atoms with Gasteiger partial charge in [-0.2, -0.15) is 0 Å². The molecule has 0 fully saturated rings. The quantitative estimate of drug-likeness (QED) is 0.713. The number of amides is 1. The molecule has 1 N–H and O–H groups in total. The molecule has 3 aromatic rings. The minimum atomic E-state index is -0.0845. The highest BCUT2D eigenvalue weighted by atomic mass is 16.1. The second-order valence-corrected chi connectivity index (χ2v) is 6.27. The third kappa shape index (κ3) is 3.79. The molecular formula is C21H23N3O. The molecule has 2 heterocycles. The summed E-state index contributed by atoms with van der Waals surface area (Å²) < 4.78 is 2.02. The van der Waals surface area contributed by atoms with E-state index in [0.717, 1.165) is 34.6 Å². The fraction of sp³-hybridized carbons (Fsp3) is 0.238. The summed E-state index contributed by atoms with van der Waals surface area (Å²) in [5.74, 6) is -0.0845. The maximum absolute atomic E-state index is 12.0. The molecule has 25 heavy (non-hydrogen) atoms. The molecule has 0 radical (unpaired) electrons. The third-order valence-corrected chi connectivity index (χ3v) is 4.09. The molecule has 0 aliphatic heterocycles. The molecule has 0 saturated heterocycles. The highest BCUT2D eigenvalue weighted by Gasteiger charge is 2.12. The molecular weight excluding hydrogens is 310 g/mol. The Morgan fingerprint density at radius 2 is 1.92 bits per heavy atom. The van der Waals surface area contributed by atoms with Crippen LogP contribution >= 0.6 is 0 Å². The maximum atomic E-state index is 12.0. The van der Waals surface area contributed by atoms with Crippen molar-refractivity contribution in [3.63, 3.8) is 0 Å². The standard InChI is InChI=1S/C21H23N3O/c1-4-12-22-20(25)10-9-18-21(17-7-5-15(2)6-8-17)23-19-14-16(3)11-13-24(18)19/h5-11,13-14H,4,12H2,1-3H3,(H,22,25)/b10-9+. The minimum Gasteiger partial charge on any atom is -0.353 e. The highest BCUT2D eigenvalue weighted by molar-refractivity contribution is 5.92. The number of aryl methyl sites for hydroxylation is 2. The normalized spacial score (nSPS) is 11.3. The van der Waals surface area contributed by atoms with Crippen molar-refractivity contribution >= 4 is 17.6 Å². The number of hydrogen-bond acceptors (Lipinski definition) is 2. The van der Waals surface area contributed by atoms with Crippen molar-refractivity contribution in [1.82, 2.24) is 14.7 Å². The summed E-state index contributed by atoms with van der Waals surface area (Å²) in [4.78, 5) is 16.7. The molecule has 0 bridgehead atoms. The average Bonchev–Trinajstić information content (AvgIpc) is 2.96. The fourth-order valence-electron chi connectivity index (χ4n) is 2.71. The summed E-state index contributed by atoms with van der Waals surface area (Å²) in [6, 6.07) is 12.4. The van der Waals surface area contributed by atoms with Gasteiger partial charge in [0.1, 0.15) is 5.65 Å². The Hall–Kier alpha value is -2.88. The molecule has 4 heteroatoms. The SMILES string of the molecule is CCCNC(=O)/C=C/c1c(-c2ccc(C)cc2)nc2cc(C)ccn12. The highest BCUT2D eigenvalue weighted by Crippen LogP contribution is 2.26. The average molecular weight is 333 g/mol. The Kier molecular flexibility index (Phi) is 4.98. The largest absolute Gasteiger partial charge is 0.353 e. The Morgan fingerprint density at radius 3 is 2.64 bits per heavy atom. The summed E-state index contributed by atoms with van der Waals surface area (Å²) in [6.45, 7) is 6.83. The van der Waals surface area contributed by atoms with Crippen molar-refractivity contribution in [3.8, 4) is 11.3 Å². The number of carbonyl (C=O) groups excluding carboxylic acids is 1. The molecule has 0 saturated carbocycles. The van der Waals surface area contributed by atoms with E-state index in [4.69, 9.17) is 4.98 Å². The third-order valence-electron chi connectivity index (χ3n) is 4.09. The van der Waals surface area contributed by atoms with Crippen LogP contribution in [0.1, 0.15) is 30.2 Å². The molecule has 3 rings (SSSR count). The number of hydrogen-bond donors (Lipinski definition) is 1. The van der Waals surface area contributed by atoms with Crippen LogP contribution in [0.15, 0.2) is 48.7 Å². The molecule has 2 aromatic heterocycles. The molecule has 0 aliphatic rings. The smallest absolute Gasteiger partial charge is 0.244 e. The summed E-state index contributed by atoms with van der Waals surface area (Å²) in [7, 11) is 0. The van der Waals surface area contributed by atoms with Gasteiger partial charge in [0, 0.05) is 24.4 Å². The molecule has 1 aromatic carbocycles. The van der Waals surface area contributed by atoms with Gasteiger partial charge in [-0.15, -0.1) is 0 Å². The summed E-state index contributed by atoms with van der Waals surface area (Å²) >= 11 is 0. The number of carbonyl (C=O) groups is 1. The van der Waals surface area contributed by atoms with Crippen molar-refractivity contribution in [3.05, 3.63) is 65.5 Å². The van der Waals surface area contributed by atoms with E-state index in [-0.39, 0.29) is 5.91 Å². The Bertz CT molecular complexity index is 920. The zero-order valence-corrected chi connectivity index (χ0v) is 14.9. The van der Waals surface area contributed by atoms with E-state index >= 15 is 0 Å². The Balaban J connectivity index is 2.07. The first-order valence-electron chi connectivity index (χ1n) is 8.60. The van der Waals surface area contributed by atoms with Crippen molar-refractivity contribution < 1.29 is 4.79 Å². The lowest BCUT2D eigenvalue weighted by Crippen LogP contribution is -2.21. The van der Waals surface area contributed by atoms with Gasteiger partial charge in [0.05, 0.1) is 11.4 Å². The van der Waals surface area contributed by atoms with E-state index in [1.165, 1.54) is 5.56 Å². The van der Waals surface area contributed by atoms with E-state index in [1.807, 2.05) is 42.7 Å². The van der Waals surface area contributed by atoms with E-state index in [2.05, 4.69) is 36.5 Å². The molecule has 128 valence electrons. The Labute approximate surface area is 148 Å². The van der Waals surface area contributed by atoms with Gasteiger partial charge in [-0.25, -0.2) is 4.98 Å². The number of nitrogens with zero attached hydrogens (tertiary/aromatic N) is 2. The molecule has 0 unspecified atom stereocenters. The van der Waals surface area contributed by atoms with Crippen LogP contribution in [0, 0.1) is 13.8 Å². The lowest BCUT2D eigenvalue weighted by atomic mass is 10.1. The van der Waals surface area contributed by atoms with Crippen LogP contribution in [-0.4, -0.2) is 21.8 Å². The van der Waals surface area contributed by atoms with Crippen LogP contribution in [0.5, 0.6) is 0 Å². The second kappa shape index (κ2) is 7.34. The number of nitrogens with one attached hydrogen (secondary N) is 1. The predicted molar refractivity (Wildman–Crippen MR) is 102 cm³/mol. The molecule has 4 nitrogen and oxygen atoms in total. The van der Waals surface area contributed by atoms with Crippen molar-refractivity contribution in [2.24, 2.45) is 0 Å². The molecule has 0 aliphatic carbocycles. The first kappa shape index (κ1) is 17.0. The lowest BCUT2D eigenvalue weighted by molar-refractivity contribution is -0.116. The van der Waals surface area contributed by atoms with Crippen molar-refractivity contribution in [1.29, 1.82) is 0 Å². The van der Waals surface area contributed by atoms with Gasteiger partial charge < -0.3 is 5.32 Å².